The zero-order valence-corrected chi connectivity index (χ0v) is 16.3. The van der Waals surface area contributed by atoms with Gasteiger partial charge in [0.1, 0.15) is 0 Å². The molecule has 8 heteroatoms. The maximum Gasteiger partial charge on any atom is 0.255 e. The second-order valence-electron chi connectivity index (χ2n) is 5.62. The lowest BCUT2D eigenvalue weighted by atomic mass is 10.1. The summed E-state index contributed by atoms with van der Waals surface area (Å²) in [5.74, 6) is -0.118. The third-order valence-electron chi connectivity index (χ3n) is 4.11. The van der Waals surface area contributed by atoms with Crippen molar-refractivity contribution in [2.24, 2.45) is 0 Å². The Morgan fingerprint density at radius 3 is 1.42 bits per heavy atom. The SMILES string of the molecule is O=C(c1cc(Br)c(C(=O)N2CCOCC2)cc1Br)N1CCOCC1. The molecule has 2 saturated heterocycles. The molecule has 2 amide bonds. The zero-order valence-electron chi connectivity index (χ0n) is 13.1. The van der Waals surface area contributed by atoms with Crippen LogP contribution >= 0.6 is 31.9 Å². The molecule has 0 aliphatic carbocycles. The summed E-state index contributed by atoms with van der Waals surface area (Å²) in [6.07, 6.45) is 0. The van der Waals surface area contributed by atoms with Gasteiger partial charge in [-0.3, -0.25) is 9.59 Å². The van der Waals surface area contributed by atoms with Crippen LogP contribution in [0.3, 0.4) is 0 Å². The van der Waals surface area contributed by atoms with Crippen LogP contribution < -0.4 is 0 Å². The van der Waals surface area contributed by atoms with Crippen LogP contribution in [0.15, 0.2) is 21.1 Å². The topological polar surface area (TPSA) is 59.1 Å². The summed E-state index contributed by atoms with van der Waals surface area (Å²) in [6, 6.07) is 3.44. The average Bonchev–Trinajstić information content (AvgIpc) is 2.63. The number of rotatable bonds is 2. The van der Waals surface area contributed by atoms with Gasteiger partial charge in [-0.2, -0.15) is 0 Å². The summed E-state index contributed by atoms with van der Waals surface area (Å²) in [5.41, 5.74) is 1.09. The van der Waals surface area contributed by atoms with E-state index in [-0.39, 0.29) is 11.8 Å². The minimum atomic E-state index is -0.0590. The quantitative estimate of drug-likeness (QED) is 0.677. The standard InChI is InChI=1S/C16H18Br2N2O4/c17-13-10-12(16(22)20-3-7-24-8-4-20)14(18)9-11(13)15(21)19-1-5-23-6-2-19/h9-10H,1-8H2. The van der Waals surface area contributed by atoms with Crippen LogP contribution in [-0.2, 0) is 9.47 Å². The first-order chi connectivity index (χ1) is 11.6. The summed E-state index contributed by atoms with van der Waals surface area (Å²) >= 11 is 6.89. The van der Waals surface area contributed by atoms with E-state index in [4.69, 9.17) is 9.47 Å². The predicted molar refractivity (Wildman–Crippen MR) is 95.3 cm³/mol. The van der Waals surface area contributed by atoms with E-state index < -0.39 is 0 Å². The second kappa shape index (κ2) is 7.95. The third kappa shape index (κ3) is 3.82. The molecule has 2 aliphatic heterocycles. The highest BCUT2D eigenvalue weighted by molar-refractivity contribution is 9.11. The molecule has 3 rings (SSSR count). The molecule has 2 aliphatic rings. The summed E-state index contributed by atoms with van der Waals surface area (Å²) in [7, 11) is 0. The Bertz CT molecular complexity index is 585. The molecule has 24 heavy (non-hydrogen) atoms. The Labute approximate surface area is 157 Å². The molecular formula is C16H18Br2N2O4. The molecule has 0 atom stereocenters. The van der Waals surface area contributed by atoms with Gasteiger partial charge >= 0.3 is 0 Å². The van der Waals surface area contributed by atoms with Crippen LogP contribution in [0.25, 0.3) is 0 Å². The Hall–Kier alpha value is -0.960. The molecule has 1 aromatic rings. The van der Waals surface area contributed by atoms with E-state index in [0.29, 0.717) is 72.7 Å². The van der Waals surface area contributed by atoms with Gasteiger partial charge in [-0.05, 0) is 44.0 Å². The van der Waals surface area contributed by atoms with Crippen molar-refractivity contribution in [1.82, 2.24) is 9.80 Å². The van der Waals surface area contributed by atoms with Crippen molar-refractivity contribution in [2.75, 3.05) is 52.6 Å². The summed E-state index contributed by atoms with van der Waals surface area (Å²) in [5, 5.41) is 0. The second-order valence-corrected chi connectivity index (χ2v) is 7.33. The van der Waals surface area contributed by atoms with Crippen LogP contribution in [0.1, 0.15) is 20.7 Å². The lowest BCUT2D eigenvalue weighted by Gasteiger charge is -2.28. The fraction of sp³-hybridized carbons (Fsp3) is 0.500. The number of carbonyl (C=O) groups is 2. The van der Waals surface area contributed by atoms with E-state index in [2.05, 4.69) is 31.9 Å². The summed E-state index contributed by atoms with van der Waals surface area (Å²) in [6.45, 7) is 4.54. The first-order valence-electron chi connectivity index (χ1n) is 7.81. The monoisotopic (exact) mass is 460 g/mol. The number of hydrogen-bond donors (Lipinski definition) is 0. The van der Waals surface area contributed by atoms with Crippen molar-refractivity contribution in [1.29, 1.82) is 0 Å². The number of carbonyl (C=O) groups excluding carboxylic acids is 2. The van der Waals surface area contributed by atoms with Crippen molar-refractivity contribution in [3.63, 3.8) is 0 Å². The zero-order chi connectivity index (χ0) is 17.1. The smallest absolute Gasteiger partial charge is 0.255 e. The van der Waals surface area contributed by atoms with Crippen LogP contribution in [0.5, 0.6) is 0 Å². The molecule has 0 saturated carbocycles. The van der Waals surface area contributed by atoms with E-state index in [1.807, 2.05) is 0 Å². The predicted octanol–water partition coefficient (Wildman–Crippen LogP) is 2.16. The Balaban J connectivity index is 1.82. The van der Waals surface area contributed by atoms with Gasteiger partial charge in [0.15, 0.2) is 0 Å². The van der Waals surface area contributed by atoms with Gasteiger partial charge in [-0.15, -0.1) is 0 Å². The normalized spacial score (nSPS) is 18.6. The lowest BCUT2D eigenvalue weighted by Crippen LogP contribution is -2.41. The average molecular weight is 462 g/mol. The number of hydrogen-bond acceptors (Lipinski definition) is 4. The highest BCUT2D eigenvalue weighted by atomic mass is 79.9. The Kier molecular flexibility index (Phi) is 5.91. The van der Waals surface area contributed by atoms with Gasteiger partial charge in [-0.1, -0.05) is 0 Å². The molecule has 130 valence electrons. The maximum absolute atomic E-state index is 12.7. The fourth-order valence-electron chi connectivity index (χ4n) is 2.75. The number of ether oxygens (including phenoxy) is 2. The number of amides is 2. The molecular weight excluding hydrogens is 444 g/mol. The van der Waals surface area contributed by atoms with Crippen molar-refractivity contribution in [3.05, 3.63) is 32.2 Å². The third-order valence-corrected chi connectivity index (χ3v) is 5.43. The lowest BCUT2D eigenvalue weighted by molar-refractivity contribution is 0.0297. The van der Waals surface area contributed by atoms with E-state index in [0.717, 1.165) is 0 Å². The number of halogens is 2. The first-order valence-corrected chi connectivity index (χ1v) is 9.39. The van der Waals surface area contributed by atoms with Crippen molar-refractivity contribution in [2.45, 2.75) is 0 Å². The highest BCUT2D eigenvalue weighted by Crippen LogP contribution is 2.28. The van der Waals surface area contributed by atoms with Crippen molar-refractivity contribution in [3.8, 4) is 0 Å². The van der Waals surface area contributed by atoms with Gasteiger partial charge in [0.05, 0.1) is 37.6 Å². The molecule has 6 nitrogen and oxygen atoms in total. The Morgan fingerprint density at radius 2 is 1.08 bits per heavy atom. The summed E-state index contributed by atoms with van der Waals surface area (Å²) < 4.78 is 11.8. The van der Waals surface area contributed by atoms with Gasteiger partial charge in [0, 0.05) is 35.1 Å². The number of benzene rings is 1. The molecule has 0 radical (unpaired) electrons. The molecule has 0 aromatic heterocycles. The maximum atomic E-state index is 12.7. The molecule has 0 bridgehead atoms. The minimum Gasteiger partial charge on any atom is -0.378 e. The molecule has 2 heterocycles. The van der Waals surface area contributed by atoms with Crippen molar-refractivity contribution < 1.29 is 19.1 Å². The molecule has 2 fully saturated rings. The van der Waals surface area contributed by atoms with Gasteiger partial charge in [0.25, 0.3) is 11.8 Å². The number of morpholine rings is 2. The molecule has 0 spiro atoms. The summed E-state index contributed by atoms with van der Waals surface area (Å²) in [4.78, 5) is 28.9. The Morgan fingerprint density at radius 1 is 0.750 bits per heavy atom. The van der Waals surface area contributed by atoms with Crippen LogP contribution in [0, 0.1) is 0 Å². The molecule has 0 unspecified atom stereocenters. The minimum absolute atomic E-state index is 0.0590. The van der Waals surface area contributed by atoms with E-state index in [9.17, 15) is 9.59 Å². The van der Waals surface area contributed by atoms with E-state index >= 15 is 0 Å². The van der Waals surface area contributed by atoms with Crippen LogP contribution in [0.2, 0.25) is 0 Å². The van der Waals surface area contributed by atoms with Crippen LogP contribution in [0.4, 0.5) is 0 Å². The van der Waals surface area contributed by atoms with Crippen LogP contribution in [-0.4, -0.2) is 74.2 Å². The van der Waals surface area contributed by atoms with Gasteiger partial charge in [-0.25, -0.2) is 0 Å². The van der Waals surface area contributed by atoms with Gasteiger partial charge < -0.3 is 19.3 Å². The molecule has 1 aromatic carbocycles. The molecule has 0 N–H and O–H groups in total. The fourth-order valence-corrected chi connectivity index (χ4v) is 3.77. The van der Waals surface area contributed by atoms with Gasteiger partial charge in [0.2, 0.25) is 0 Å². The van der Waals surface area contributed by atoms with E-state index in [1.165, 1.54) is 0 Å². The largest absolute Gasteiger partial charge is 0.378 e. The van der Waals surface area contributed by atoms with E-state index in [1.54, 1.807) is 21.9 Å². The highest BCUT2D eigenvalue weighted by Gasteiger charge is 2.25. The number of nitrogens with zero attached hydrogens (tertiary/aromatic N) is 2. The first kappa shape index (κ1) is 17.8. The van der Waals surface area contributed by atoms with Crippen molar-refractivity contribution >= 4 is 43.7 Å².